The van der Waals surface area contributed by atoms with Gasteiger partial charge in [0, 0.05) is 5.92 Å². The molecule has 2 rings (SSSR count). The molecule has 0 aliphatic rings. The number of benzene rings is 2. The van der Waals surface area contributed by atoms with E-state index in [2.05, 4.69) is 6.58 Å². The largest absolute Gasteiger partial charge is 0.416 e. The maximum atomic E-state index is 13.1. The van der Waals surface area contributed by atoms with E-state index in [4.69, 9.17) is 0 Å². The molecule has 0 aliphatic heterocycles. The van der Waals surface area contributed by atoms with Crippen LogP contribution in [0.5, 0.6) is 0 Å². The first kappa shape index (κ1) is 24.0. The summed E-state index contributed by atoms with van der Waals surface area (Å²) in [5.74, 6) is -0.685. The van der Waals surface area contributed by atoms with Crippen LogP contribution in [0.4, 0.5) is 26.3 Å². The second-order valence-corrected chi connectivity index (χ2v) is 7.20. The second kappa shape index (κ2) is 8.81. The summed E-state index contributed by atoms with van der Waals surface area (Å²) in [4.78, 5) is 0. The predicted octanol–water partition coefficient (Wildman–Crippen LogP) is 6.25. The van der Waals surface area contributed by atoms with Crippen molar-refractivity contribution < 1.29 is 36.6 Å². The first-order valence-corrected chi connectivity index (χ1v) is 9.17. The molecule has 2 aromatic carbocycles. The van der Waals surface area contributed by atoms with Crippen LogP contribution < -0.4 is 0 Å². The molecule has 8 heteroatoms. The first-order valence-electron chi connectivity index (χ1n) is 9.17. The zero-order valence-electron chi connectivity index (χ0n) is 16.1. The summed E-state index contributed by atoms with van der Waals surface area (Å²) in [5, 5.41) is 21.6. The lowest BCUT2D eigenvalue weighted by atomic mass is 9.77. The van der Waals surface area contributed by atoms with Crippen molar-refractivity contribution in [3.05, 3.63) is 83.4 Å². The maximum absolute atomic E-state index is 13.1. The highest BCUT2D eigenvalue weighted by Crippen LogP contribution is 2.40. The summed E-state index contributed by atoms with van der Waals surface area (Å²) in [5.41, 5.74) is -3.67. The van der Waals surface area contributed by atoms with Gasteiger partial charge in [0.1, 0.15) is 0 Å². The van der Waals surface area contributed by atoms with Crippen LogP contribution in [0, 0.1) is 5.92 Å². The van der Waals surface area contributed by atoms with Gasteiger partial charge in [-0.1, -0.05) is 37.3 Å². The summed E-state index contributed by atoms with van der Waals surface area (Å²) in [6, 6.07) is 8.37. The van der Waals surface area contributed by atoms with Crippen LogP contribution in [-0.2, 0) is 18.0 Å². The van der Waals surface area contributed by atoms with Gasteiger partial charge in [0.2, 0.25) is 0 Å². The highest BCUT2D eigenvalue weighted by atomic mass is 19.4. The fraction of sp³-hybridized carbons (Fsp3) is 0.364. The Balaban J connectivity index is 2.31. The van der Waals surface area contributed by atoms with Crippen molar-refractivity contribution in [2.75, 3.05) is 0 Å². The van der Waals surface area contributed by atoms with Crippen LogP contribution in [0.3, 0.4) is 0 Å². The molecule has 0 unspecified atom stereocenters. The van der Waals surface area contributed by atoms with Gasteiger partial charge in [-0.15, -0.1) is 6.58 Å². The standard InChI is InChI=1S/C22H22F6O2/c1-3-14(2)20(30,16-7-5-9-18(13-16)22(26,27)28)11-10-19(29)15-6-4-8-17(12-15)21(23,24)25/h3-9,12-14,19,29-30H,1,10-11H2,2H3/t14-,19+,20-/m0/s1. The van der Waals surface area contributed by atoms with E-state index >= 15 is 0 Å². The molecule has 164 valence electrons. The van der Waals surface area contributed by atoms with Gasteiger partial charge in [-0.05, 0) is 48.2 Å². The van der Waals surface area contributed by atoms with E-state index < -0.39 is 41.1 Å². The molecule has 0 aliphatic carbocycles. The molecule has 30 heavy (non-hydrogen) atoms. The molecule has 3 atom stereocenters. The molecule has 0 aromatic heterocycles. The Bertz CT molecular complexity index is 874. The Morgan fingerprint density at radius 1 is 0.900 bits per heavy atom. The minimum absolute atomic E-state index is 0.00229. The molecule has 2 aromatic rings. The van der Waals surface area contributed by atoms with E-state index in [1.54, 1.807) is 6.92 Å². The van der Waals surface area contributed by atoms with Crippen LogP contribution in [-0.4, -0.2) is 10.2 Å². The van der Waals surface area contributed by atoms with Gasteiger partial charge < -0.3 is 10.2 Å². The summed E-state index contributed by atoms with van der Waals surface area (Å²) in [7, 11) is 0. The zero-order chi connectivity index (χ0) is 22.7. The van der Waals surface area contributed by atoms with E-state index in [0.717, 1.165) is 30.3 Å². The number of hydrogen-bond donors (Lipinski definition) is 2. The normalized spacial score (nSPS) is 16.6. The van der Waals surface area contributed by atoms with Crippen molar-refractivity contribution in [3.8, 4) is 0 Å². The van der Waals surface area contributed by atoms with Gasteiger partial charge in [-0.2, -0.15) is 26.3 Å². The third-order valence-corrected chi connectivity index (χ3v) is 5.19. The molecule has 0 amide bonds. The van der Waals surface area contributed by atoms with Crippen molar-refractivity contribution in [2.24, 2.45) is 5.92 Å². The van der Waals surface area contributed by atoms with Gasteiger partial charge >= 0.3 is 12.4 Å². The third kappa shape index (κ3) is 5.43. The summed E-state index contributed by atoms with van der Waals surface area (Å²) in [6.45, 7) is 5.14. The number of halogens is 6. The number of aliphatic hydroxyl groups is 2. The molecule has 2 N–H and O–H groups in total. The SMILES string of the molecule is C=C[C@H](C)[C@@](O)(CC[C@@H](O)c1cccc(C(F)(F)F)c1)c1cccc(C(F)(F)F)c1. The van der Waals surface area contributed by atoms with Crippen LogP contribution in [0.15, 0.2) is 61.2 Å². The van der Waals surface area contributed by atoms with Gasteiger partial charge in [0.05, 0.1) is 22.8 Å². The van der Waals surface area contributed by atoms with Crippen LogP contribution in [0.1, 0.15) is 48.1 Å². The van der Waals surface area contributed by atoms with E-state index in [1.165, 1.54) is 24.3 Å². The molecule has 0 heterocycles. The van der Waals surface area contributed by atoms with E-state index in [1.807, 2.05) is 0 Å². The molecular formula is C22H22F6O2. The molecular weight excluding hydrogens is 410 g/mol. The monoisotopic (exact) mass is 432 g/mol. The maximum Gasteiger partial charge on any atom is 0.416 e. The van der Waals surface area contributed by atoms with Gasteiger partial charge in [-0.25, -0.2) is 0 Å². The smallest absolute Gasteiger partial charge is 0.388 e. The number of aliphatic hydroxyl groups excluding tert-OH is 1. The van der Waals surface area contributed by atoms with Gasteiger partial charge in [0.25, 0.3) is 0 Å². The summed E-state index contributed by atoms with van der Waals surface area (Å²) >= 11 is 0. The minimum atomic E-state index is -4.61. The lowest BCUT2D eigenvalue weighted by Gasteiger charge is -2.34. The molecule has 2 nitrogen and oxygen atoms in total. The van der Waals surface area contributed by atoms with Gasteiger partial charge in [0.15, 0.2) is 0 Å². The quantitative estimate of drug-likeness (QED) is 0.401. The molecule has 0 bridgehead atoms. The molecule has 0 saturated carbocycles. The Morgan fingerprint density at radius 2 is 1.40 bits per heavy atom. The third-order valence-electron chi connectivity index (χ3n) is 5.19. The summed E-state index contributed by atoms with van der Waals surface area (Å²) < 4.78 is 77.9. The lowest BCUT2D eigenvalue weighted by Crippen LogP contribution is -2.33. The molecule has 0 saturated heterocycles. The fourth-order valence-electron chi connectivity index (χ4n) is 3.24. The van der Waals surface area contributed by atoms with Crippen molar-refractivity contribution in [1.29, 1.82) is 0 Å². The molecule has 0 fully saturated rings. The Labute approximate surface area is 170 Å². The number of rotatable bonds is 7. The van der Waals surface area contributed by atoms with Crippen molar-refractivity contribution in [1.82, 2.24) is 0 Å². The predicted molar refractivity (Wildman–Crippen MR) is 100 cm³/mol. The Hall–Kier alpha value is -2.32. The minimum Gasteiger partial charge on any atom is -0.388 e. The van der Waals surface area contributed by atoms with E-state index in [9.17, 15) is 36.6 Å². The molecule has 0 spiro atoms. The topological polar surface area (TPSA) is 40.5 Å². The van der Waals surface area contributed by atoms with Gasteiger partial charge in [-0.3, -0.25) is 0 Å². The van der Waals surface area contributed by atoms with E-state index in [0.29, 0.717) is 0 Å². The second-order valence-electron chi connectivity index (χ2n) is 7.20. The summed E-state index contributed by atoms with van der Waals surface area (Å²) in [6.07, 6.45) is -9.53. The van der Waals surface area contributed by atoms with Crippen molar-refractivity contribution in [2.45, 2.75) is 43.8 Å². The van der Waals surface area contributed by atoms with Crippen LogP contribution in [0.2, 0.25) is 0 Å². The first-order chi connectivity index (χ1) is 13.8. The highest BCUT2D eigenvalue weighted by Gasteiger charge is 2.38. The van der Waals surface area contributed by atoms with Crippen LogP contribution in [0.25, 0.3) is 0 Å². The highest BCUT2D eigenvalue weighted by molar-refractivity contribution is 5.32. The average Bonchev–Trinajstić information content (AvgIpc) is 2.70. The fourth-order valence-corrected chi connectivity index (χ4v) is 3.24. The van der Waals surface area contributed by atoms with Crippen molar-refractivity contribution >= 4 is 0 Å². The van der Waals surface area contributed by atoms with E-state index in [-0.39, 0.29) is 24.0 Å². The number of hydrogen-bond acceptors (Lipinski definition) is 2. The lowest BCUT2D eigenvalue weighted by molar-refractivity contribution is -0.138. The van der Waals surface area contributed by atoms with Crippen LogP contribution >= 0.6 is 0 Å². The molecule has 0 radical (unpaired) electrons. The number of alkyl halides is 6. The Morgan fingerprint density at radius 3 is 1.93 bits per heavy atom. The Kier molecular flexibility index (Phi) is 7.04. The average molecular weight is 432 g/mol. The van der Waals surface area contributed by atoms with Crippen molar-refractivity contribution in [3.63, 3.8) is 0 Å². The zero-order valence-corrected chi connectivity index (χ0v) is 16.1.